The summed E-state index contributed by atoms with van der Waals surface area (Å²) in [5, 5.41) is 18.6. The number of hydrogen-bond acceptors (Lipinski definition) is 6. The van der Waals surface area contributed by atoms with Crippen LogP contribution in [0, 0.1) is 10.1 Å². The molecule has 1 aliphatic heterocycles. The number of aromatic amines is 1. The molecule has 1 aliphatic rings. The number of H-pyrrole nitrogens is 1. The Morgan fingerprint density at radius 3 is 2.83 bits per heavy atom. The number of rotatable bonds is 3. The van der Waals surface area contributed by atoms with Crippen molar-refractivity contribution in [1.29, 1.82) is 0 Å². The van der Waals surface area contributed by atoms with Gasteiger partial charge in [-0.15, -0.1) is 0 Å². The minimum absolute atomic E-state index is 0.00544. The van der Waals surface area contributed by atoms with Gasteiger partial charge in [0.2, 0.25) is 6.29 Å². The zero-order chi connectivity index (χ0) is 15.8. The zero-order valence-electron chi connectivity index (χ0n) is 12.0. The number of nitrogens with one attached hydrogen (secondary N) is 1. The molecule has 2 aromatic heterocycles. The molecule has 1 saturated heterocycles. The largest absolute Gasteiger partial charge is 0.454 e. The van der Waals surface area contributed by atoms with Crippen molar-refractivity contribution in [2.24, 2.45) is 0 Å². The number of nitrogens with zero attached hydrogens (tertiary/aromatic N) is 2. The maximum atomic E-state index is 10.9. The smallest absolute Gasteiger partial charge is 0.270 e. The van der Waals surface area contributed by atoms with Gasteiger partial charge >= 0.3 is 0 Å². The van der Waals surface area contributed by atoms with Crippen LogP contribution in [-0.2, 0) is 9.47 Å². The second-order valence-electron chi connectivity index (χ2n) is 5.19. The molecular formula is C15H13N3O5. The average Bonchev–Trinajstić information content (AvgIpc) is 3.21. The van der Waals surface area contributed by atoms with Gasteiger partial charge in [-0.2, -0.15) is 5.10 Å². The number of furan rings is 1. The number of aromatic nitrogens is 2. The van der Waals surface area contributed by atoms with E-state index in [1.165, 1.54) is 12.1 Å². The fourth-order valence-electron chi connectivity index (χ4n) is 2.56. The topological polar surface area (TPSA) is 103 Å². The van der Waals surface area contributed by atoms with Crippen molar-refractivity contribution in [3.8, 4) is 11.5 Å². The van der Waals surface area contributed by atoms with Gasteiger partial charge in [-0.05, 0) is 24.6 Å². The van der Waals surface area contributed by atoms with Crippen LogP contribution in [0.25, 0.3) is 22.4 Å². The molecule has 3 aromatic rings. The van der Waals surface area contributed by atoms with Crippen molar-refractivity contribution >= 4 is 16.6 Å². The number of nitro groups is 1. The molecule has 1 N–H and O–H groups in total. The van der Waals surface area contributed by atoms with Crippen molar-refractivity contribution in [2.45, 2.75) is 12.7 Å². The predicted octanol–water partition coefficient (Wildman–Crippen LogP) is 3.17. The Kier molecular flexibility index (Phi) is 3.32. The van der Waals surface area contributed by atoms with Gasteiger partial charge in [-0.3, -0.25) is 15.2 Å². The summed E-state index contributed by atoms with van der Waals surface area (Å²) in [7, 11) is 0. The van der Waals surface area contributed by atoms with Crippen LogP contribution in [0.4, 0.5) is 5.69 Å². The molecule has 23 heavy (non-hydrogen) atoms. The molecule has 0 spiro atoms. The Labute approximate surface area is 130 Å². The number of ether oxygens (including phenoxy) is 2. The molecule has 4 rings (SSSR count). The van der Waals surface area contributed by atoms with Crippen molar-refractivity contribution in [3.63, 3.8) is 0 Å². The van der Waals surface area contributed by atoms with Crippen LogP contribution in [0.15, 0.2) is 34.7 Å². The molecule has 0 unspecified atom stereocenters. The lowest BCUT2D eigenvalue weighted by atomic mass is 10.1. The van der Waals surface area contributed by atoms with E-state index in [0.29, 0.717) is 41.3 Å². The first-order valence-electron chi connectivity index (χ1n) is 7.18. The van der Waals surface area contributed by atoms with Gasteiger partial charge in [-0.25, -0.2) is 0 Å². The number of hydrogen-bond donors (Lipinski definition) is 1. The van der Waals surface area contributed by atoms with Crippen LogP contribution in [0.3, 0.4) is 0 Å². The minimum atomic E-state index is -0.517. The molecule has 0 atom stereocenters. The Morgan fingerprint density at radius 1 is 1.22 bits per heavy atom. The summed E-state index contributed by atoms with van der Waals surface area (Å²) in [6, 6.07) is 8.06. The van der Waals surface area contributed by atoms with Crippen molar-refractivity contribution in [2.75, 3.05) is 13.2 Å². The molecule has 118 valence electrons. The van der Waals surface area contributed by atoms with Gasteiger partial charge in [0.05, 0.1) is 23.7 Å². The first-order chi connectivity index (χ1) is 11.2. The van der Waals surface area contributed by atoms with Gasteiger partial charge in [-0.1, -0.05) is 0 Å². The monoisotopic (exact) mass is 315 g/mol. The molecular weight excluding hydrogens is 302 g/mol. The summed E-state index contributed by atoms with van der Waals surface area (Å²) in [6.07, 6.45) is 0.342. The summed E-state index contributed by atoms with van der Waals surface area (Å²) >= 11 is 0. The second-order valence-corrected chi connectivity index (χ2v) is 5.19. The summed E-state index contributed by atoms with van der Waals surface area (Å²) in [4.78, 5) is 10.5. The highest BCUT2D eigenvalue weighted by Gasteiger charge is 2.22. The molecule has 0 amide bonds. The number of benzene rings is 1. The fraction of sp³-hybridized carbons (Fsp3) is 0.267. The molecule has 0 saturated carbocycles. The fourth-order valence-corrected chi connectivity index (χ4v) is 2.56. The van der Waals surface area contributed by atoms with E-state index in [4.69, 9.17) is 13.9 Å². The van der Waals surface area contributed by atoms with E-state index in [9.17, 15) is 10.1 Å². The predicted molar refractivity (Wildman–Crippen MR) is 79.7 cm³/mol. The first-order valence-corrected chi connectivity index (χ1v) is 7.18. The van der Waals surface area contributed by atoms with Crippen LogP contribution < -0.4 is 0 Å². The molecule has 8 heteroatoms. The standard InChI is InChI=1S/C15H13N3O5/c19-18(20)9-2-3-11-10(8-9)14(17-16-11)12-4-5-13(23-12)15-21-6-1-7-22-15/h2-5,8,15H,1,6-7H2,(H,16,17). The summed E-state index contributed by atoms with van der Waals surface area (Å²) < 4.78 is 16.8. The highest BCUT2D eigenvalue weighted by atomic mass is 16.7. The van der Waals surface area contributed by atoms with E-state index in [-0.39, 0.29) is 5.69 Å². The lowest BCUT2D eigenvalue weighted by Gasteiger charge is -2.21. The van der Waals surface area contributed by atoms with Gasteiger partial charge in [0.15, 0.2) is 11.5 Å². The van der Waals surface area contributed by atoms with Crippen LogP contribution in [-0.4, -0.2) is 28.3 Å². The third-order valence-corrected chi connectivity index (χ3v) is 3.68. The lowest BCUT2D eigenvalue weighted by Crippen LogP contribution is -2.17. The normalized spacial score (nSPS) is 16.0. The zero-order valence-corrected chi connectivity index (χ0v) is 12.0. The molecule has 1 fully saturated rings. The van der Waals surface area contributed by atoms with E-state index < -0.39 is 11.2 Å². The SMILES string of the molecule is O=[N+]([O-])c1ccc2[nH]nc(-c3ccc(C4OCCCO4)o3)c2c1. The number of non-ortho nitro benzene ring substituents is 1. The van der Waals surface area contributed by atoms with Crippen molar-refractivity contribution in [1.82, 2.24) is 10.2 Å². The maximum Gasteiger partial charge on any atom is 0.270 e. The van der Waals surface area contributed by atoms with Gasteiger partial charge in [0.25, 0.3) is 5.69 Å². The van der Waals surface area contributed by atoms with Crippen LogP contribution >= 0.6 is 0 Å². The van der Waals surface area contributed by atoms with Crippen LogP contribution in [0.5, 0.6) is 0 Å². The number of nitro benzene ring substituents is 1. The van der Waals surface area contributed by atoms with E-state index in [2.05, 4.69) is 10.2 Å². The summed E-state index contributed by atoms with van der Waals surface area (Å²) in [6.45, 7) is 1.25. The van der Waals surface area contributed by atoms with E-state index >= 15 is 0 Å². The Bertz CT molecular complexity index is 863. The average molecular weight is 315 g/mol. The van der Waals surface area contributed by atoms with Gasteiger partial charge < -0.3 is 13.9 Å². The Morgan fingerprint density at radius 2 is 2.04 bits per heavy atom. The first kappa shape index (κ1) is 13.9. The Balaban J connectivity index is 1.72. The third-order valence-electron chi connectivity index (χ3n) is 3.68. The van der Waals surface area contributed by atoms with E-state index in [0.717, 1.165) is 6.42 Å². The second kappa shape index (κ2) is 5.49. The van der Waals surface area contributed by atoms with Crippen molar-refractivity contribution < 1.29 is 18.8 Å². The van der Waals surface area contributed by atoms with Crippen LogP contribution in [0.1, 0.15) is 18.5 Å². The van der Waals surface area contributed by atoms with Gasteiger partial charge in [0, 0.05) is 17.5 Å². The highest BCUT2D eigenvalue weighted by Crippen LogP contribution is 2.33. The third kappa shape index (κ3) is 2.47. The minimum Gasteiger partial charge on any atom is -0.454 e. The molecule has 0 radical (unpaired) electrons. The highest BCUT2D eigenvalue weighted by molar-refractivity contribution is 5.93. The lowest BCUT2D eigenvalue weighted by molar-refractivity contribution is -0.384. The summed E-state index contributed by atoms with van der Waals surface area (Å²) in [5.41, 5.74) is 1.23. The summed E-state index contributed by atoms with van der Waals surface area (Å²) in [5.74, 6) is 1.06. The molecule has 0 bridgehead atoms. The van der Waals surface area contributed by atoms with E-state index in [1.807, 2.05) is 0 Å². The van der Waals surface area contributed by atoms with Gasteiger partial charge in [0.1, 0.15) is 5.69 Å². The molecule has 0 aliphatic carbocycles. The van der Waals surface area contributed by atoms with Crippen LogP contribution in [0.2, 0.25) is 0 Å². The quantitative estimate of drug-likeness (QED) is 0.588. The molecule has 1 aromatic carbocycles. The Hall–Kier alpha value is -2.71. The molecule has 8 nitrogen and oxygen atoms in total. The van der Waals surface area contributed by atoms with E-state index in [1.54, 1.807) is 18.2 Å². The maximum absolute atomic E-state index is 10.9. The number of fused-ring (bicyclic) bond motifs is 1. The molecule has 3 heterocycles. The van der Waals surface area contributed by atoms with Crippen molar-refractivity contribution in [3.05, 3.63) is 46.2 Å².